The summed E-state index contributed by atoms with van der Waals surface area (Å²) < 4.78 is 10.7. The summed E-state index contributed by atoms with van der Waals surface area (Å²) in [5.41, 5.74) is 1.07. The second-order valence-corrected chi connectivity index (χ2v) is 5.36. The minimum atomic E-state index is 0.124. The monoisotopic (exact) mass is 281 g/mol. The summed E-state index contributed by atoms with van der Waals surface area (Å²) in [6.07, 6.45) is 0.744. The third-order valence-corrected chi connectivity index (χ3v) is 3.61. The number of rotatable bonds is 8. The van der Waals surface area contributed by atoms with Gasteiger partial charge in [-0.25, -0.2) is 0 Å². The maximum atomic E-state index is 9.17. The highest BCUT2D eigenvalue weighted by atomic mass is 16.5. The number of hydrogen-bond donors (Lipinski definition) is 2. The smallest absolute Gasteiger partial charge is 0.123 e. The van der Waals surface area contributed by atoms with Crippen LogP contribution < -0.4 is 14.8 Å². The molecule has 4 heteroatoms. The van der Waals surface area contributed by atoms with E-state index in [1.54, 1.807) is 14.2 Å². The molecule has 1 rings (SSSR count). The van der Waals surface area contributed by atoms with Crippen molar-refractivity contribution in [3.63, 3.8) is 0 Å². The number of benzene rings is 1. The van der Waals surface area contributed by atoms with Crippen LogP contribution in [-0.4, -0.2) is 32.0 Å². The van der Waals surface area contributed by atoms with Gasteiger partial charge in [0.15, 0.2) is 0 Å². The highest BCUT2D eigenvalue weighted by Crippen LogP contribution is 2.30. The van der Waals surface area contributed by atoms with Crippen LogP contribution in [0.15, 0.2) is 18.2 Å². The number of nitrogens with one attached hydrogen (secondary N) is 1. The normalized spacial score (nSPS) is 14.2. The molecule has 114 valence electrons. The summed E-state index contributed by atoms with van der Waals surface area (Å²) in [5, 5.41) is 12.7. The lowest BCUT2D eigenvalue weighted by molar-refractivity contribution is 0.236. The van der Waals surface area contributed by atoms with Gasteiger partial charge in [-0.05, 0) is 37.5 Å². The average Bonchev–Trinajstić information content (AvgIpc) is 2.45. The summed E-state index contributed by atoms with van der Waals surface area (Å²) >= 11 is 0. The molecule has 4 nitrogen and oxygen atoms in total. The van der Waals surface area contributed by atoms with Crippen LogP contribution in [0.2, 0.25) is 0 Å². The Morgan fingerprint density at radius 3 is 2.35 bits per heavy atom. The van der Waals surface area contributed by atoms with Gasteiger partial charge in [0.05, 0.1) is 14.2 Å². The van der Waals surface area contributed by atoms with Gasteiger partial charge in [-0.2, -0.15) is 0 Å². The van der Waals surface area contributed by atoms with Gasteiger partial charge in [0.2, 0.25) is 0 Å². The fourth-order valence-electron chi connectivity index (χ4n) is 2.34. The molecule has 0 saturated heterocycles. The third-order valence-electron chi connectivity index (χ3n) is 3.61. The van der Waals surface area contributed by atoms with E-state index in [4.69, 9.17) is 14.6 Å². The van der Waals surface area contributed by atoms with Crippen molar-refractivity contribution < 1.29 is 14.6 Å². The third kappa shape index (κ3) is 4.39. The molecule has 0 spiro atoms. The van der Waals surface area contributed by atoms with Gasteiger partial charge in [-0.3, -0.25) is 0 Å². The number of methoxy groups -OCH3 is 2. The fourth-order valence-corrected chi connectivity index (χ4v) is 2.34. The van der Waals surface area contributed by atoms with Crippen LogP contribution >= 0.6 is 0 Å². The molecule has 0 heterocycles. The summed E-state index contributed by atoms with van der Waals surface area (Å²) in [4.78, 5) is 0. The topological polar surface area (TPSA) is 50.7 Å². The van der Waals surface area contributed by atoms with E-state index >= 15 is 0 Å². The first kappa shape index (κ1) is 16.8. The van der Waals surface area contributed by atoms with E-state index in [2.05, 4.69) is 26.1 Å². The van der Waals surface area contributed by atoms with E-state index in [1.165, 1.54) is 0 Å². The van der Waals surface area contributed by atoms with Gasteiger partial charge in [-0.15, -0.1) is 0 Å². The van der Waals surface area contributed by atoms with Crippen LogP contribution in [0.5, 0.6) is 11.5 Å². The molecule has 0 bridgehead atoms. The lowest BCUT2D eigenvalue weighted by atomic mass is 9.98. The van der Waals surface area contributed by atoms with E-state index < -0.39 is 0 Å². The summed E-state index contributed by atoms with van der Waals surface area (Å²) in [6, 6.07) is 6.20. The zero-order valence-electron chi connectivity index (χ0n) is 13.1. The van der Waals surface area contributed by atoms with Gasteiger partial charge < -0.3 is 19.9 Å². The van der Waals surface area contributed by atoms with Crippen molar-refractivity contribution in [3.8, 4) is 11.5 Å². The van der Waals surface area contributed by atoms with Crippen molar-refractivity contribution >= 4 is 0 Å². The Morgan fingerprint density at radius 1 is 1.15 bits per heavy atom. The van der Waals surface area contributed by atoms with Crippen LogP contribution in [0.3, 0.4) is 0 Å². The second-order valence-electron chi connectivity index (χ2n) is 5.36. The number of ether oxygens (including phenoxy) is 2. The van der Waals surface area contributed by atoms with E-state index in [0.29, 0.717) is 5.92 Å². The van der Waals surface area contributed by atoms with Gasteiger partial charge in [0, 0.05) is 24.3 Å². The maximum absolute atomic E-state index is 9.17. The van der Waals surface area contributed by atoms with Crippen molar-refractivity contribution in [1.82, 2.24) is 5.32 Å². The van der Waals surface area contributed by atoms with Crippen molar-refractivity contribution in [3.05, 3.63) is 23.8 Å². The van der Waals surface area contributed by atoms with Crippen molar-refractivity contribution in [2.75, 3.05) is 20.8 Å². The Bertz CT molecular complexity index is 407. The summed E-state index contributed by atoms with van der Waals surface area (Å²) in [7, 11) is 3.33. The molecule has 0 aromatic heterocycles. The number of aliphatic hydroxyl groups is 1. The summed E-state index contributed by atoms with van der Waals surface area (Å²) in [6.45, 7) is 6.60. The lowest BCUT2D eigenvalue weighted by Crippen LogP contribution is -2.36. The van der Waals surface area contributed by atoms with Crippen LogP contribution in [0.25, 0.3) is 0 Å². The van der Waals surface area contributed by atoms with Gasteiger partial charge >= 0.3 is 0 Å². The molecule has 0 saturated carbocycles. The fraction of sp³-hybridized carbons (Fsp3) is 0.625. The highest BCUT2D eigenvalue weighted by Gasteiger charge is 2.19. The van der Waals surface area contributed by atoms with Crippen LogP contribution in [0, 0.1) is 5.92 Å². The molecule has 0 radical (unpaired) electrons. The van der Waals surface area contributed by atoms with E-state index in [1.807, 2.05) is 18.2 Å². The zero-order valence-corrected chi connectivity index (χ0v) is 13.1. The van der Waals surface area contributed by atoms with Gasteiger partial charge in [0.1, 0.15) is 11.5 Å². The largest absolute Gasteiger partial charge is 0.497 e. The zero-order chi connectivity index (χ0) is 15.1. The maximum Gasteiger partial charge on any atom is 0.123 e. The van der Waals surface area contributed by atoms with E-state index in [-0.39, 0.29) is 18.7 Å². The Kier molecular flexibility index (Phi) is 6.82. The first-order valence-corrected chi connectivity index (χ1v) is 7.12. The molecule has 1 aromatic rings. The second kappa shape index (κ2) is 8.12. The minimum absolute atomic E-state index is 0.124. The number of aliphatic hydroxyl groups excluding tert-OH is 1. The first-order chi connectivity index (χ1) is 9.53. The Labute approximate surface area is 122 Å². The molecule has 0 amide bonds. The van der Waals surface area contributed by atoms with Crippen molar-refractivity contribution in [2.24, 2.45) is 5.92 Å². The lowest BCUT2D eigenvalue weighted by Gasteiger charge is -2.27. The Hall–Kier alpha value is -1.26. The molecular formula is C16H27NO3. The molecule has 0 fully saturated rings. The standard InChI is InChI=1S/C16H27NO3/c1-11(2)15(8-9-18)17-12(3)14-10-13(19-4)6-7-16(14)20-5/h6-7,10-12,15,17-18H,8-9H2,1-5H3. The Morgan fingerprint density at radius 2 is 1.85 bits per heavy atom. The predicted octanol–water partition coefficient (Wildman–Crippen LogP) is 2.76. The molecule has 0 aliphatic rings. The SMILES string of the molecule is COc1ccc(OC)c(C(C)NC(CCO)C(C)C)c1. The molecule has 2 atom stereocenters. The van der Waals surface area contributed by atoms with Crippen LogP contribution in [-0.2, 0) is 0 Å². The van der Waals surface area contributed by atoms with Crippen LogP contribution in [0.4, 0.5) is 0 Å². The average molecular weight is 281 g/mol. The molecule has 20 heavy (non-hydrogen) atoms. The van der Waals surface area contributed by atoms with Crippen molar-refractivity contribution in [1.29, 1.82) is 0 Å². The van der Waals surface area contributed by atoms with Gasteiger partial charge in [0.25, 0.3) is 0 Å². The predicted molar refractivity (Wildman–Crippen MR) is 81.4 cm³/mol. The molecule has 0 aliphatic carbocycles. The molecule has 1 aromatic carbocycles. The van der Waals surface area contributed by atoms with Crippen LogP contribution in [0.1, 0.15) is 38.8 Å². The molecule has 2 N–H and O–H groups in total. The number of hydrogen-bond acceptors (Lipinski definition) is 4. The van der Waals surface area contributed by atoms with Crippen molar-refractivity contribution in [2.45, 2.75) is 39.3 Å². The molecule has 0 aliphatic heterocycles. The Balaban J connectivity index is 2.91. The van der Waals surface area contributed by atoms with Gasteiger partial charge in [-0.1, -0.05) is 13.8 Å². The van der Waals surface area contributed by atoms with E-state index in [0.717, 1.165) is 23.5 Å². The highest BCUT2D eigenvalue weighted by molar-refractivity contribution is 5.42. The molecule has 2 unspecified atom stereocenters. The first-order valence-electron chi connectivity index (χ1n) is 7.12. The minimum Gasteiger partial charge on any atom is -0.497 e. The molecular weight excluding hydrogens is 254 g/mol. The van der Waals surface area contributed by atoms with E-state index in [9.17, 15) is 0 Å². The quantitative estimate of drug-likeness (QED) is 0.769. The summed E-state index contributed by atoms with van der Waals surface area (Å²) in [5.74, 6) is 2.12.